The molecular formula is C15H21N3O2. The third-order valence-electron chi connectivity index (χ3n) is 2.88. The Kier molecular flexibility index (Phi) is 5.58. The summed E-state index contributed by atoms with van der Waals surface area (Å²) in [5.74, 6) is 0.905. The van der Waals surface area contributed by atoms with Gasteiger partial charge < -0.3 is 15.2 Å². The normalized spacial score (nSPS) is 10.7. The minimum Gasteiger partial charge on any atom is -0.492 e. The molecule has 5 heteroatoms. The van der Waals surface area contributed by atoms with Gasteiger partial charge in [0.15, 0.2) is 0 Å². The van der Waals surface area contributed by atoms with E-state index in [1.54, 1.807) is 4.68 Å². The van der Waals surface area contributed by atoms with Crippen LogP contribution in [-0.2, 0) is 13.1 Å². The smallest absolute Gasteiger partial charge is 0.119 e. The fraction of sp³-hybridized carbons (Fsp3) is 0.400. The molecule has 108 valence electrons. The van der Waals surface area contributed by atoms with Gasteiger partial charge in [-0.1, -0.05) is 12.1 Å². The van der Waals surface area contributed by atoms with E-state index in [9.17, 15) is 0 Å². The van der Waals surface area contributed by atoms with Crippen LogP contribution in [0.2, 0.25) is 0 Å². The summed E-state index contributed by atoms with van der Waals surface area (Å²) in [5, 5.41) is 16.3. The lowest BCUT2D eigenvalue weighted by atomic mass is 10.2. The number of hydrogen-bond donors (Lipinski definition) is 2. The SMILES string of the molecule is Cc1cccc(OCCNCc2cnn(CCO)c2)c1. The number of aryl methyl sites for hydroxylation is 1. The molecule has 0 fully saturated rings. The van der Waals surface area contributed by atoms with Crippen molar-refractivity contribution in [2.75, 3.05) is 19.8 Å². The standard InChI is InChI=1S/C15H21N3O2/c1-13-3-2-4-15(9-13)20-8-5-16-10-14-11-17-18(12-14)6-7-19/h2-4,9,11-12,16,19H,5-8,10H2,1H3. The van der Waals surface area contributed by atoms with Crippen LogP contribution in [-0.4, -0.2) is 34.6 Å². The van der Waals surface area contributed by atoms with Crippen LogP contribution < -0.4 is 10.1 Å². The van der Waals surface area contributed by atoms with Crippen LogP contribution in [0.5, 0.6) is 5.75 Å². The van der Waals surface area contributed by atoms with Crippen molar-refractivity contribution in [1.82, 2.24) is 15.1 Å². The lowest BCUT2D eigenvalue weighted by Gasteiger charge is -2.07. The highest BCUT2D eigenvalue weighted by Crippen LogP contribution is 2.11. The molecule has 1 aromatic carbocycles. The monoisotopic (exact) mass is 275 g/mol. The van der Waals surface area contributed by atoms with Gasteiger partial charge in [0.25, 0.3) is 0 Å². The molecule has 0 aliphatic heterocycles. The second-order valence-electron chi connectivity index (χ2n) is 4.68. The molecule has 0 spiro atoms. The van der Waals surface area contributed by atoms with Crippen LogP contribution in [0, 0.1) is 6.92 Å². The van der Waals surface area contributed by atoms with Crippen molar-refractivity contribution in [3.8, 4) is 5.75 Å². The molecule has 0 amide bonds. The van der Waals surface area contributed by atoms with E-state index in [1.165, 1.54) is 5.56 Å². The maximum absolute atomic E-state index is 8.81. The zero-order chi connectivity index (χ0) is 14.2. The Morgan fingerprint density at radius 1 is 1.40 bits per heavy atom. The van der Waals surface area contributed by atoms with Gasteiger partial charge in [-0.3, -0.25) is 4.68 Å². The first kappa shape index (κ1) is 14.6. The topological polar surface area (TPSA) is 59.3 Å². The molecule has 0 saturated heterocycles. The van der Waals surface area contributed by atoms with Crippen molar-refractivity contribution in [3.63, 3.8) is 0 Å². The van der Waals surface area contributed by atoms with Gasteiger partial charge in [0.2, 0.25) is 0 Å². The summed E-state index contributed by atoms with van der Waals surface area (Å²) in [7, 11) is 0. The lowest BCUT2D eigenvalue weighted by molar-refractivity contribution is 0.269. The largest absolute Gasteiger partial charge is 0.492 e. The number of nitrogens with one attached hydrogen (secondary N) is 1. The van der Waals surface area contributed by atoms with E-state index in [2.05, 4.69) is 23.4 Å². The Bertz CT molecular complexity index is 525. The highest BCUT2D eigenvalue weighted by atomic mass is 16.5. The molecule has 0 bridgehead atoms. The second kappa shape index (κ2) is 7.67. The fourth-order valence-electron chi connectivity index (χ4n) is 1.90. The van der Waals surface area contributed by atoms with Gasteiger partial charge in [-0.2, -0.15) is 5.10 Å². The van der Waals surface area contributed by atoms with Crippen LogP contribution in [0.25, 0.3) is 0 Å². The fourth-order valence-corrected chi connectivity index (χ4v) is 1.90. The summed E-state index contributed by atoms with van der Waals surface area (Å²) < 4.78 is 7.39. The molecule has 2 N–H and O–H groups in total. The van der Waals surface area contributed by atoms with E-state index in [-0.39, 0.29) is 6.61 Å². The highest BCUT2D eigenvalue weighted by molar-refractivity contribution is 5.27. The lowest BCUT2D eigenvalue weighted by Crippen LogP contribution is -2.20. The summed E-state index contributed by atoms with van der Waals surface area (Å²) in [6, 6.07) is 8.04. The molecule has 1 heterocycles. The molecule has 0 unspecified atom stereocenters. The number of aliphatic hydroxyl groups excluding tert-OH is 1. The first-order chi connectivity index (χ1) is 9.78. The molecule has 0 radical (unpaired) electrons. The molecule has 0 aliphatic carbocycles. The van der Waals surface area contributed by atoms with E-state index in [1.807, 2.05) is 30.6 Å². The molecule has 0 saturated carbocycles. The van der Waals surface area contributed by atoms with Crippen LogP contribution in [0.3, 0.4) is 0 Å². The van der Waals surface area contributed by atoms with Crippen molar-refractivity contribution in [1.29, 1.82) is 0 Å². The molecule has 5 nitrogen and oxygen atoms in total. The Morgan fingerprint density at radius 2 is 2.30 bits per heavy atom. The van der Waals surface area contributed by atoms with Crippen molar-refractivity contribution in [2.45, 2.75) is 20.0 Å². The van der Waals surface area contributed by atoms with E-state index in [0.717, 1.165) is 24.4 Å². The highest BCUT2D eigenvalue weighted by Gasteiger charge is 1.98. The van der Waals surface area contributed by atoms with E-state index >= 15 is 0 Å². The van der Waals surface area contributed by atoms with Gasteiger partial charge in [-0.15, -0.1) is 0 Å². The van der Waals surface area contributed by atoms with Crippen molar-refractivity contribution in [3.05, 3.63) is 47.8 Å². The molecular weight excluding hydrogens is 254 g/mol. The van der Waals surface area contributed by atoms with E-state index < -0.39 is 0 Å². The average Bonchev–Trinajstić information content (AvgIpc) is 2.87. The zero-order valence-corrected chi connectivity index (χ0v) is 11.7. The summed E-state index contributed by atoms with van der Waals surface area (Å²) >= 11 is 0. The number of aliphatic hydroxyl groups is 1. The first-order valence-corrected chi connectivity index (χ1v) is 6.80. The maximum Gasteiger partial charge on any atom is 0.119 e. The Hall–Kier alpha value is -1.85. The van der Waals surface area contributed by atoms with Crippen LogP contribution in [0.15, 0.2) is 36.7 Å². The van der Waals surface area contributed by atoms with E-state index in [0.29, 0.717) is 13.2 Å². The molecule has 0 atom stereocenters. The molecule has 0 aliphatic rings. The van der Waals surface area contributed by atoms with Crippen LogP contribution in [0.4, 0.5) is 0 Å². The van der Waals surface area contributed by atoms with Crippen molar-refractivity contribution < 1.29 is 9.84 Å². The summed E-state index contributed by atoms with van der Waals surface area (Å²) in [6.07, 6.45) is 3.74. The summed E-state index contributed by atoms with van der Waals surface area (Å²) in [6.45, 7) is 4.86. The third-order valence-corrected chi connectivity index (χ3v) is 2.88. The van der Waals surface area contributed by atoms with E-state index in [4.69, 9.17) is 9.84 Å². The zero-order valence-electron chi connectivity index (χ0n) is 11.7. The van der Waals surface area contributed by atoms with Gasteiger partial charge in [0.1, 0.15) is 12.4 Å². The number of nitrogens with zero attached hydrogens (tertiary/aromatic N) is 2. The van der Waals surface area contributed by atoms with Crippen molar-refractivity contribution in [2.24, 2.45) is 0 Å². The number of ether oxygens (including phenoxy) is 1. The first-order valence-electron chi connectivity index (χ1n) is 6.80. The number of benzene rings is 1. The molecule has 2 rings (SSSR count). The Morgan fingerprint density at radius 3 is 3.10 bits per heavy atom. The Labute approximate surface area is 119 Å². The summed E-state index contributed by atoms with van der Waals surface area (Å²) in [5.41, 5.74) is 2.31. The van der Waals surface area contributed by atoms with Crippen molar-refractivity contribution >= 4 is 0 Å². The minimum absolute atomic E-state index is 0.110. The third kappa shape index (κ3) is 4.68. The van der Waals surface area contributed by atoms with Gasteiger partial charge >= 0.3 is 0 Å². The molecule has 20 heavy (non-hydrogen) atoms. The number of hydrogen-bond acceptors (Lipinski definition) is 4. The predicted octanol–water partition coefficient (Wildman–Crippen LogP) is 1.35. The average molecular weight is 275 g/mol. The predicted molar refractivity (Wildman–Crippen MR) is 77.7 cm³/mol. The van der Waals surface area contributed by atoms with Gasteiger partial charge in [-0.25, -0.2) is 0 Å². The quantitative estimate of drug-likeness (QED) is 0.714. The molecule has 2 aromatic rings. The second-order valence-corrected chi connectivity index (χ2v) is 4.68. The van der Waals surface area contributed by atoms with Gasteiger partial charge in [0, 0.05) is 24.8 Å². The Balaban J connectivity index is 1.63. The number of aromatic nitrogens is 2. The summed E-state index contributed by atoms with van der Waals surface area (Å²) in [4.78, 5) is 0. The molecule has 1 aromatic heterocycles. The van der Waals surface area contributed by atoms with Gasteiger partial charge in [0.05, 0.1) is 19.3 Å². The van der Waals surface area contributed by atoms with Gasteiger partial charge in [-0.05, 0) is 24.6 Å². The minimum atomic E-state index is 0.110. The van der Waals surface area contributed by atoms with Crippen LogP contribution >= 0.6 is 0 Å². The maximum atomic E-state index is 8.81. The number of rotatable bonds is 8. The van der Waals surface area contributed by atoms with Crippen LogP contribution in [0.1, 0.15) is 11.1 Å².